The monoisotopic (exact) mass is 641 g/mol. The van der Waals surface area contributed by atoms with Crippen molar-refractivity contribution in [3.05, 3.63) is 174 Å². The number of allylic oxidation sites excluding steroid dienone is 1. The van der Waals surface area contributed by atoms with Crippen LogP contribution in [0, 0.1) is 0 Å². The number of aliphatic imine (C=N–C) groups is 1. The quantitative estimate of drug-likeness (QED) is 0.204. The molecule has 1 atom stereocenters. The Morgan fingerprint density at radius 3 is 2.26 bits per heavy atom. The second-order valence-corrected chi connectivity index (χ2v) is 13.4. The standard InChI is InChI=1S/C46H31N3O/c1-2-13-29(14-3-1)38-26-25-33-35-19-10-18-34-31-16-6-8-22-39(31)49(44(34)35)40-27-24-28-12-4-5-15-30(28)42(40)43(33)48-46(47-38)37-21-11-20-36-32-17-7-9-23-41(32)50-45(36)37/h1-24,27,46,48H,25-26H2/b47-38+. The molecule has 2 aromatic heterocycles. The fourth-order valence-corrected chi connectivity index (χ4v) is 8.54. The van der Waals surface area contributed by atoms with E-state index in [9.17, 15) is 0 Å². The molecule has 0 spiro atoms. The minimum atomic E-state index is -0.403. The van der Waals surface area contributed by atoms with Crippen LogP contribution in [0.15, 0.2) is 161 Å². The van der Waals surface area contributed by atoms with Gasteiger partial charge in [-0.2, -0.15) is 0 Å². The van der Waals surface area contributed by atoms with Crippen molar-refractivity contribution < 1.29 is 4.42 Å². The summed E-state index contributed by atoms with van der Waals surface area (Å²) in [5.41, 5.74) is 13.6. The molecule has 2 aliphatic heterocycles. The molecule has 1 N–H and O–H groups in total. The van der Waals surface area contributed by atoms with Crippen LogP contribution in [0.5, 0.6) is 0 Å². The first-order valence-electron chi connectivity index (χ1n) is 17.4. The maximum absolute atomic E-state index is 6.65. The molecular weight excluding hydrogens is 611 g/mol. The van der Waals surface area contributed by atoms with Crippen molar-refractivity contribution in [2.24, 2.45) is 4.99 Å². The third-order valence-electron chi connectivity index (χ3n) is 10.7. The summed E-state index contributed by atoms with van der Waals surface area (Å²) >= 11 is 0. The van der Waals surface area contributed by atoms with Crippen LogP contribution in [0.3, 0.4) is 0 Å². The van der Waals surface area contributed by atoms with Crippen molar-refractivity contribution in [1.29, 1.82) is 0 Å². The van der Waals surface area contributed by atoms with Crippen molar-refractivity contribution in [3.63, 3.8) is 0 Å². The van der Waals surface area contributed by atoms with Gasteiger partial charge in [-0.05, 0) is 52.9 Å². The van der Waals surface area contributed by atoms with E-state index < -0.39 is 6.17 Å². The first kappa shape index (κ1) is 27.5. The molecule has 0 bridgehead atoms. The van der Waals surface area contributed by atoms with E-state index in [-0.39, 0.29) is 0 Å². The molecule has 0 radical (unpaired) electrons. The van der Waals surface area contributed by atoms with E-state index >= 15 is 0 Å². The Morgan fingerprint density at radius 2 is 1.34 bits per heavy atom. The SMILES string of the molecule is c1ccc(/C2=N/C(c3cccc4c3oc3ccccc34)NC3=C(CC2)c2cccc4c5ccccc5n(c24)-c2ccc4ccccc4c23)cc1. The van der Waals surface area contributed by atoms with E-state index in [0.29, 0.717) is 0 Å². The number of hydrogen-bond acceptors (Lipinski definition) is 3. The van der Waals surface area contributed by atoms with Crippen LogP contribution in [0.1, 0.15) is 41.3 Å². The van der Waals surface area contributed by atoms with Gasteiger partial charge in [-0.3, -0.25) is 4.99 Å². The Hall–Kier alpha value is -6.39. The molecule has 9 aromatic rings. The fourth-order valence-electron chi connectivity index (χ4n) is 8.54. The van der Waals surface area contributed by atoms with Gasteiger partial charge >= 0.3 is 0 Å². The lowest BCUT2D eigenvalue weighted by Gasteiger charge is -2.27. The average molecular weight is 642 g/mol. The van der Waals surface area contributed by atoms with Crippen LogP contribution < -0.4 is 5.32 Å². The van der Waals surface area contributed by atoms with Gasteiger partial charge in [0.05, 0.1) is 16.7 Å². The first-order valence-corrected chi connectivity index (χ1v) is 17.4. The molecular formula is C46H31N3O. The molecule has 50 heavy (non-hydrogen) atoms. The first-order chi connectivity index (χ1) is 24.8. The molecule has 0 saturated carbocycles. The second-order valence-electron chi connectivity index (χ2n) is 13.4. The van der Waals surface area contributed by atoms with Gasteiger partial charge in [0.1, 0.15) is 17.3 Å². The normalized spacial score (nSPS) is 16.9. The number of rotatable bonds is 2. The predicted molar refractivity (Wildman–Crippen MR) is 207 cm³/mol. The van der Waals surface area contributed by atoms with Crippen LogP contribution in [0.25, 0.3) is 71.5 Å². The van der Waals surface area contributed by atoms with Crippen molar-refractivity contribution in [2.75, 3.05) is 0 Å². The summed E-state index contributed by atoms with van der Waals surface area (Å²) in [6.45, 7) is 0. The summed E-state index contributed by atoms with van der Waals surface area (Å²) in [5, 5.41) is 11.3. The number of benzene rings is 7. The van der Waals surface area contributed by atoms with E-state index in [2.05, 4.69) is 155 Å². The number of nitrogens with zero attached hydrogens (tertiary/aromatic N) is 2. The molecule has 0 aliphatic carbocycles. The number of hydrogen-bond donors (Lipinski definition) is 1. The molecule has 0 fully saturated rings. The number of nitrogens with one attached hydrogen (secondary N) is 1. The van der Waals surface area contributed by atoms with E-state index in [1.54, 1.807) is 0 Å². The summed E-state index contributed by atoms with van der Waals surface area (Å²) in [4.78, 5) is 5.61. The summed E-state index contributed by atoms with van der Waals surface area (Å²) in [6, 6.07) is 54.5. The molecule has 2 aliphatic rings. The highest BCUT2D eigenvalue weighted by Crippen LogP contribution is 2.47. The lowest BCUT2D eigenvalue weighted by molar-refractivity contribution is 0.624. The van der Waals surface area contributed by atoms with Gasteiger partial charge in [-0.25, -0.2) is 0 Å². The maximum atomic E-state index is 6.65. The predicted octanol–water partition coefficient (Wildman–Crippen LogP) is 11.6. The molecule has 4 nitrogen and oxygen atoms in total. The largest absolute Gasteiger partial charge is 0.456 e. The number of fused-ring (bicyclic) bond motifs is 12. The molecule has 1 unspecified atom stereocenters. The minimum Gasteiger partial charge on any atom is -0.456 e. The molecule has 0 saturated heterocycles. The van der Waals surface area contributed by atoms with Gasteiger partial charge in [0.2, 0.25) is 0 Å². The minimum absolute atomic E-state index is 0.403. The van der Waals surface area contributed by atoms with Crippen LogP contribution in [-0.4, -0.2) is 10.3 Å². The zero-order chi connectivity index (χ0) is 32.8. The van der Waals surface area contributed by atoms with Crippen LogP contribution in [0.2, 0.25) is 0 Å². The smallest absolute Gasteiger partial charge is 0.148 e. The average Bonchev–Trinajstić information content (AvgIpc) is 3.68. The van der Waals surface area contributed by atoms with Crippen molar-refractivity contribution in [2.45, 2.75) is 19.0 Å². The van der Waals surface area contributed by atoms with Gasteiger partial charge in [-0.1, -0.05) is 133 Å². The van der Waals surface area contributed by atoms with Crippen LogP contribution >= 0.6 is 0 Å². The second kappa shape index (κ2) is 10.6. The van der Waals surface area contributed by atoms with Crippen molar-refractivity contribution in [3.8, 4) is 5.69 Å². The Balaban J connectivity index is 1.25. The maximum Gasteiger partial charge on any atom is 0.148 e. The number of furan rings is 1. The van der Waals surface area contributed by atoms with Crippen LogP contribution in [-0.2, 0) is 0 Å². The molecule has 0 amide bonds. The van der Waals surface area contributed by atoms with Gasteiger partial charge in [0.15, 0.2) is 0 Å². The van der Waals surface area contributed by atoms with Gasteiger partial charge in [-0.15, -0.1) is 0 Å². The van der Waals surface area contributed by atoms with E-state index in [0.717, 1.165) is 57.3 Å². The highest BCUT2D eigenvalue weighted by atomic mass is 16.3. The van der Waals surface area contributed by atoms with Gasteiger partial charge < -0.3 is 14.3 Å². The van der Waals surface area contributed by atoms with E-state index in [4.69, 9.17) is 9.41 Å². The lowest BCUT2D eigenvalue weighted by Crippen LogP contribution is -2.24. The zero-order valence-corrected chi connectivity index (χ0v) is 27.2. The number of aromatic nitrogens is 1. The Bertz CT molecular complexity index is 2910. The Morgan fingerprint density at radius 1 is 0.600 bits per heavy atom. The summed E-state index contributed by atoms with van der Waals surface area (Å²) < 4.78 is 9.16. The van der Waals surface area contributed by atoms with Crippen molar-refractivity contribution in [1.82, 2.24) is 9.88 Å². The zero-order valence-electron chi connectivity index (χ0n) is 27.2. The molecule has 4 heterocycles. The van der Waals surface area contributed by atoms with E-state index in [1.807, 2.05) is 6.07 Å². The van der Waals surface area contributed by atoms with Gasteiger partial charge in [0, 0.05) is 49.6 Å². The Labute approximate surface area is 288 Å². The fraction of sp³-hybridized carbons (Fsp3) is 0.0652. The van der Waals surface area contributed by atoms with Gasteiger partial charge in [0.25, 0.3) is 0 Å². The summed E-state index contributed by atoms with van der Waals surface area (Å²) in [5.74, 6) is 0. The summed E-state index contributed by atoms with van der Waals surface area (Å²) in [7, 11) is 0. The van der Waals surface area contributed by atoms with Crippen molar-refractivity contribution >= 4 is 71.5 Å². The highest BCUT2D eigenvalue weighted by molar-refractivity contribution is 6.18. The molecule has 236 valence electrons. The third-order valence-corrected chi connectivity index (χ3v) is 10.7. The number of para-hydroxylation sites is 4. The summed E-state index contributed by atoms with van der Waals surface area (Å²) in [6.07, 6.45) is 1.23. The van der Waals surface area contributed by atoms with Crippen LogP contribution in [0.4, 0.5) is 0 Å². The third kappa shape index (κ3) is 3.90. The molecule has 7 aromatic carbocycles. The van der Waals surface area contributed by atoms with E-state index in [1.165, 1.54) is 55.0 Å². The highest BCUT2D eigenvalue weighted by Gasteiger charge is 2.31. The lowest BCUT2D eigenvalue weighted by atomic mass is 9.89. The topological polar surface area (TPSA) is 42.5 Å². The Kier molecular flexibility index (Phi) is 5.81. The molecule has 4 heteroatoms. The molecule has 11 rings (SSSR count).